The van der Waals surface area contributed by atoms with E-state index in [1.54, 1.807) is 11.4 Å². The van der Waals surface area contributed by atoms with Gasteiger partial charge >= 0.3 is 0 Å². The standard InChI is InChI=1S/C6H2N2S.2BrH/c7-3-5-1-2-9-6(5)4-8;;/h1-2H;2*1H. The van der Waals surface area contributed by atoms with Crippen LogP contribution in [0.15, 0.2) is 11.4 Å². The average Bonchev–Trinajstić information content (AvgIpc) is 2.33. The van der Waals surface area contributed by atoms with Crippen LogP contribution in [0.2, 0.25) is 0 Å². The molecule has 0 saturated heterocycles. The summed E-state index contributed by atoms with van der Waals surface area (Å²) in [6.45, 7) is 0. The van der Waals surface area contributed by atoms with Crippen LogP contribution in [0, 0.1) is 22.7 Å². The molecule has 11 heavy (non-hydrogen) atoms. The van der Waals surface area contributed by atoms with E-state index in [4.69, 9.17) is 10.5 Å². The SMILES string of the molecule is Br.Br.N#Cc1ccsc1C#N. The fraction of sp³-hybridized carbons (Fsp3) is 0. The van der Waals surface area contributed by atoms with Crippen LogP contribution in [0.4, 0.5) is 0 Å². The van der Waals surface area contributed by atoms with Crippen LogP contribution in [-0.4, -0.2) is 0 Å². The molecular weight excluding hydrogens is 292 g/mol. The number of thiophene rings is 1. The Labute approximate surface area is 89.6 Å². The normalized spacial score (nSPS) is 6.36. The van der Waals surface area contributed by atoms with Crippen molar-refractivity contribution in [2.24, 2.45) is 0 Å². The Morgan fingerprint density at radius 3 is 2.18 bits per heavy atom. The molecule has 2 nitrogen and oxygen atoms in total. The highest BCUT2D eigenvalue weighted by atomic mass is 79.9. The average molecular weight is 296 g/mol. The summed E-state index contributed by atoms with van der Waals surface area (Å²) in [6, 6.07) is 5.48. The third-order valence-corrected chi connectivity index (χ3v) is 1.71. The molecule has 0 N–H and O–H groups in total. The molecule has 1 aromatic heterocycles. The first-order valence-corrected chi connectivity index (χ1v) is 3.14. The molecular formula is C6H4Br2N2S. The predicted octanol–water partition coefficient (Wildman–Crippen LogP) is 2.65. The number of halogens is 2. The van der Waals surface area contributed by atoms with Gasteiger partial charge in [0.2, 0.25) is 0 Å². The second kappa shape index (κ2) is 6.36. The molecule has 58 valence electrons. The molecule has 1 heterocycles. The molecule has 0 aromatic carbocycles. The van der Waals surface area contributed by atoms with Gasteiger partial charge in [-0.2, -0.15) is 10.5 Å². The quantitative estimate of drug-likeness (QED) is 0.739. The lowest BCUT2D eigenvalue weighted by atomic mass is 10.3. The minimum absolute atomic E-state index is 0. The molecule has 1 rings (SSSR count). The first kappa shape index (κ1) is 13.2. The second-order valence-corrected chi connectivity index (χ2v) is 2.30. The van der Waals surface area contributed by atoms with Crippen LogP contribution < -0.4 is 0 Å². The summed E-state index contributed by atoms with van der Waals surface area (Å²) in [5.74, 6) is 0. The van der Waals surface area contributed by atoms with Gasteiger partial charge in [-0.05, 0) is 11.4 Å². The van der Waals surface area contributed by atoms with E-state index in [0.717, 1.165) is 0 Å². The number of hydrogen-bond donors (Lipinski definition) is 0. The molecule has 1 aromatic rings. The Morgan fingerprint density at radius 1 is 1.18 bits per heavy atom. The van der Waals surface area contributed by atoms with Crippen molar-refractivity contribution >= 4 is 45.3 Å². The molecule has 0 spiro atoms. The van der Waals surface area contributed by atoms with Gasteiger partial charge < -0.3 is 0 Å². The summed E-state index contributed by atoms with van der Waals surface area (Å²) in [7, 11) is 0. The molecule has 0 bridgehead atoms. The third-order valence-electron chi connectivity index (χ3n) is 0.887. The van der Waals surface area contributed by atoms with E-state index >= 15 is 0 Å². The lowest BCUT2D eigenvalue weighted by Gasteiger charge is -1.73. The van der Waals surface area contributed by atoms with Crippen molar-refractivity contribution in [1.29, 1.82) is 10.5 Å². The minimum Gasteiger partial charge on any atom is -0.192 e. The van der Waals surface area contributed by atoms with Gasteiger partial charge in [0.05, 0.1) is 5.56 Å². The fourth-order valence-corrected chi connectivity index (χ4v) is 1.12. The molecule has 0 amide bonds. The smallest absolute Gasteiger partial charge is 0.122 e. The summed E-state index contributed by atoms with van der Waals surface area (Å²) in [4.78, 5) is 0.498. The minimum atomic E-state index is 0. The van der Waals surface area contributed by atoms with Crippen molar-refractivity contribution in [1.82, 2.24) is 0 Å². The van der Waals surface area contributed by atoms with Gasteiger partial charge in [0.1, 0.15) is 17.0 Å². The Kier molecular flexibility index (Phi) is 7.65. The summed E-state index contributed by atoms with van der Waals surface area (Å²) >= 11 is 1.29. The summed E-state index contributed by atoms with van der Waals surface area (Å²) in [6.07, 6.45) is 0. The molecule has 0 radical (unpaired) electrons. The number of nitriles is 2. The largest absolute Gasteiger partial charge is 0.192 e. The van der Waals surface area contributed by atoms with Crippen molar-refractivity contribution in [2.45, 2.75) is 0 Å². The van der Waals surface area contributed by atoms with E-state index < -0.39 is 0 Å². The Balaban J connectivity index is 0. The third kappa shape index (κ3) is 3.02. The van der Waals surface area contributed by atoms with E-state index in [2.05, 4.69) is 0 Å². The van der Waals surface area contributed by atoms with Crippen LogP contribution in [0.1, 0.15) is 10.4 Å². The molecule has 0 saturated carbocycles. The molecule has 0 unspecified atom stereocenters. The Morgan fingerprint density at radius 2 is 1.82 bits per heavy atom. The molecule has 0 aliphatic heterocycles. The maximum atomic E-state index is 8.35. The van der Waals surface area contributed by atoms with Gasteiger partial charge in [-0.15, -0.1) is 45.3 Å². The van der Waals surface area contributed by atoms with Gasteiger partial charge in [0.25, 0.3) is 0 Å². The molecule has 0 aliphatic carbocycles. The van der Waals surface area contributed by atoms with Gasteiger partial charge in [0.15, 0.2) is 0 Å². The van der Waals surface area contributed by atoms with Crippen molar-refractivity contribution < 1.29 is 0 Å². The van der Waals surface area contributed by atoms with E-state index in [9.17, 15) is 0 Å². The Bertz CT molecular complexity index is 266. The van der Waals surface area contributed by atoms with Crippen LogP contribution in [0.3, 0.4) is 0 Å². The van der Waals surface area contributed by atoms with E-state index in [1.165, 1.54) is 11.3 Å². The van der Waals surface area contributed by atoms with Gasteiger partial charge in [0, 0.05) is 0 Å². The molecule has 0 atom stereocenters. The fourth-order valence-electron chi connectivity index (χ4n) is 0.484. The van der Waals surface area contributed by atoms with Crippen molar-refractivity contribution in [2.75, 3.05) is 0 Å². The zero-order valence-corrected chi connectivity index (χ0v) is 9.52. The number of nitrogens with zero attached hydrogens (tertiary/aromatic N) is 2. The van der Waals surface area contributed by atoms with Gasteiger partial charge in [-0.1, -0.05) is 0 Å². The van der Waals surface area contributed by atoms with Gasteiger partial charge in [-0.3, -0.25) is 0 Å². The van der Waals surface area contributed by atoms with Crippen LogP contribution in [0.25, 0.3) is 0 Å². The maximum Gasteiger partial charge on any atom is 0.122 e. The summed E-state index contributed by atoms with van der Waals surface area (Å²) in [5, 5.41) is 18.4. The monoisotopic (exact) mass is 294 g/mol. The summed E-state index contributed by atoms with van der Waals surface area (Å²) in [5.41, 5.74) is 0.475. The zero-order valence-electron chi connectivity index (χ0n) is 5.27. The highest BCUT2D eigenvalue weighted by Crippen LogP contribution is 2.12. The van der Waals surface area contributed by atoms with Crippen molar-refractivity contribution in [3.8, 4) is 12.1 Å². The van der Waals surface area contributed by atoms with Crippen molar-refractivity contribution in [3.05, 3.63) is 21.9 Å². The first-order valence-electron chi connectivity index (χ1n) is 2.26. The highest BCUT2D eigenvalue weighted by Gasteiger charge is 1.98. The van der Waals surface area contributed by atoms with Gasteiger partial charge in [-0.25, -0.2) is 0 Å². The number of rotatable bonds is 0. The first-order chi connectivity index (χ1) is 4.38. The maximum absolute atomic E-state index is 8.35. The topological polar surface area (TPSA) is 47.6 Å². The summed E-state index contributed by atoms with van der Waals surface area (Å²) < 4.78 is 0. The highest BCUT2D eigenvalue weighted by molar-refractivity contribution is 8.93. The second-order valence-electron chi connectivity index (χ2n) is 1.39. The molecule has 0 aliphatic rings. The zero-order chi connectivity index (χ0) is 6.69. The lowest BCUT2D eigenvalue weighted by molar-refractivity contribution is 1.48. The van der Waals surface area contributed by atoms with Crippen LogP contribution >= 0.6 is 45.3 Å². The number of hydrogen-bond acceptors (Lipinski definition) is 3. The van der Waals surface area contributed by atoms with E-state index in [0.29, 0.717) is 10.4 Å². The van der Waals surface area contributed by atoms with Crippen LogP contribution in [-0.2, 0) is 0 Å². The predicted molar refractivity (Wildman–Crippen MR) is 54.4 cm³/mol. The lowest BCUT2D eigenvalue weighted by Crippen LogP contribution is -1.68. The Hall–Kier alpha value is -0.360. The van der Waals surface area contributed by atoms with E-state index in [1.807, 2.05) is 12.1 Å². The van der Waals surface area contributed by atoms with E-state index in [-0.39, 0.29) is 34.0 Å². The molecule has 0 fully saturated rings. The van der Waals surface area contributed by atoms with Crippen molar-refractivity contribution in [3.63, 3.8) is 0 Å². The van der Waals surface area contributed by atoms with Crippen LogP contribution in [0.5, 0.6) is 0 Å². The molecule has 5 heteroatoms.